The standard InChI is InChI=1S/C21H20O4S/c22-18-10-4-3-9-17(18)21(24)25-26(13-5-6-14-26)20-12-11-19(23)15-7-1-2-8-16(15)20/h1-4,7-12,22-23H,5-6,13-14H2. The van der Waals surface area contributed by atoms with Crippen LogP contribution in [0.3, 0.4) is 0 Å². The Labute approximate surface area is 153 Å². The molecule has 1 heterocycles. The van der Waals surface area contributed by atoms with E-state index in [1.165, 1.54) is 6.07 Å². The summed E-state index contributed by atoms with van der Waals surface area (Å²) in [6, 6.07) is 17.7. The molecule has 0 radical (unpaired) electrons. The molecule has 0 aromatic heterocycles. The van der Waals surface area contributed by atoms with Crippen LogP contribution in [0.2, 0.25) is 0 Å². The van der Waals surface area contributed by atoms with Crippen LogP contribution >= 0.6 is 10.3 Å². The monoisotopic (exact) mass is 368 g/mol. The Bertz CT molecular complexity index is 977. The topological polar surface area (TPSA) is 66.8 Å². The zero-order valence-corrected chi connectivity index (χ0v) is 15.0. The first-order valence-electron chi connectivity index (χ1n) is 8.62. The Hall–Kier alpha value is -2.66. The van der Waals surface area contributed by atoms with Crippen LogP contribution in [0.15, 0.2) is 65.6 Å². The van der Waals surface area contributed by atoms with Crippen LogP contribution in [0.4, 0.5) is 0 Å². The van der Waals surface area contributed by atoms with Crippen LogP contribution in [0, 0.1) is 0 Å². The Balaban J connectivity index is 1.80. The van der Waals surface area contributed by atoms with Crippen LogP contribution in [-0.2, 0) is 4.18 Å². The van der Waals surface area contributed by atoms with Gasteiger partial charge in [0.25, 0.3) is 0 Å². The zero-order valence-electron chi connectivity index (χ0n) is 14.2. The molecule has 0 atom stereocenters. The number of para-hydroxylation sites is 1. The largest absolute Gasteiger partial charge is 0.507 e. The van der Waals surface area contributed by atoms with Crippen molar-refractivity contribution in [1.29, 1.82) is 0 Å². The predicted octanol–water partition coefficient (Wildman–Crippen LogP) is 4.98. The van der Waals surface area contributed by atoms with E-state index in [0.717, 1.165) is 40.0 Å². The van der Waals surface area contributed by atoms with Crippen molar-refractivity contribution >= 4 is 27.1 Å². The molecule has 3 aromatic rings. The molecule has 1 saturated heterocycles. The van der Waals surface area contributed by atoms with Gasteiger partial charge >= 0.3 is 5.97 Å². The molecule has 0 unspecified atom stereocenters. The highest BCUT2D eigenvalue weighted by molar-refractivity contribution is 8.30. The zero-order chi connectivity index (χ0) is 18.1. The summed E-state index contributed by atoms with van der Waals surface area (Å²) in [6.45, 7) is 0. The van der Waals surface area contributed by atoms with Gasteiger partial charge in [0.2, 0.25) is 0 Å². The summed E-state index contributed by atoms with van der Waals surface area (Å²) in [4.78, 5) is 13.8. The highest BCUT2D eigenvalue weighted by atomic mass is 32.3. The van der Waals surface area contributed by atoms with Gasteiger partial charge in [-0.05, 0) is 37.1 Å². The van der Waals surface area contributed by atoms with Crippen LogP contribution < -0.4 is 0 Å². The Morgan fingerprint density at radius 3 is 2.19 bits per heavy atom. The van der Waals surface area contributed by atoms with Crippen molar-refractivity contribution in [2.45, 2.75) is 17.7 Å². The minimum absolute atomic E-state index is 0.0689. The van der Waals surface area contributed by atoms with E-state index in [0.29, 0.717) is 0 Å². The second-order valence-electron chi connectivity index (χ2n) is 6.44. The second kappa shape index (κ2) is 6.57. The lowest BCUT2D eigenvalue weighted by atomic mass is 10.1. The molecule has 0 amide bonds. The van der Waals surface area contributed by atoms with Crippen LogP contribution in [-0.4, -0.2) is 27.7 Å². The highest BCUT2D eigenvalue weighted by Crippen LogP contribution is 2.63. The first kappa shape index (κ1) is 16.8. The third-order valence-corrected chi connectivity index (χ3v) is 8.34. The van der Waals surface area contributed by atoms with Crippen molar-refractivity contribution in [3.05, 3.63) is 66.2 Å². The molecule has 4 nitrogen and oxygen atoms in total. The van der Waals surface area contributed by atoms with Crippen molar-refractivity contribution in [2.24, 2.45) is 0 Å². The summed E-state index contributed by atoms with van der Waals surface area (Å²) in [6.07, 6.45) is 2.00. The third-order valence-electron chi connectivity index (χ3n) is 4.82. The maximum atomic E-state index is 12.8. The van der Waals surface area contributed by atoms with E-state index in [9.17, 15) is 15.0 Å². The quantitative estimate of drug-likeness (QED) is 0.684. The molecular weight excluding hydrogens is 348 g/mol. The number of carbonyl (C=O) groups excluding carboxylic acids is 1. The maximum absolute atomic E-state index is 12.8. The van der Waals surface area contributed by atoms with Crippen LogP contribution in [0.5, 0.6) is 11.5 Å². The van der Waals surface area contributed by atoms with Gasteiger partial charge in [-0.2, -0.15) is 0 Å². The molecule has 0 bridgehead atoms. The molecule has 4 rings (SSSR count). The number of phenols is 2. The number of benzene rings is 3. The van der Waals surface area contributed by atoms with Crippen molar-refractivity contribution in [3.63, 3.8) is 0 Å². The number of rotatable bonds is 3. The summed E-state index contributed by atoms with van der Waals surface area (Å²) in [7, 11) is -1.82. The van der Waals surface area contributed by atoms with E-state index >= 15 is 0 Å². The van der Waals surface area contributed by atoms with Crippen molar-refractivity contribution in [3.8, 4) is 11.5 Å². The van der Waals surface area contributed by atoms with Gasteiger partial charge in [-0.25, -0.2) is 4.79 Å². The molecular formula is C21H20O4S. The van der Waals surface area contributed by atoms with E-state index in [4.69, 9.17) is 4.18 Å². The fraction of sp³-hybridized carbons (Fsp3) is 0.190. The Morgan fingerprint density at radius 2 is 1.46 bits per heavy atom. The fourth-order valence-corrected chi connectivity index (χ4v) is 7.05. The lowest BCUT2D eigenvalue weighted by molar-refractivity contribution is 0.0755. The van der Waals surface area contributed by atoms with Crippen molar-refractivity contribution < 1.29 is 19.2 Å². The normalized spacial score (nSPS) is 17.1. The number of hydrogen-bond acceptors (Lipinski definition) is 4. The minimum Gasteiger partial charge on any atom is -0.507 e. The van der Waals surface area contributed by atoms with Gasteiger partial charge in [-0.1, -0.05) is 46.7 Å². The molecule has 0 saturated carbocycles. The average Bonchev–Trinajstić information content (AvgIpc) is 3.12. The average molecular weight is 368 g/mol. The van der Waals surface area contributed by atoms with E-state index in [-0.39, 0.29) is 17.1 Å². The highest BCUT2D eigenvalue weighted by Gasteiger charge is 2.36. The molecule has 134 valence electrons. The molecule has 3 aromatic carbocycles. The molecule has 1 aliphatic rings. The van der Waals surface area contributed by atoms with E-state index < -0.39 is 16.3 Å². The van der Waals surface area contributed by atoms with Gasteiger partial charge in [0.05, 0.1) is 0 Å². The van der Waals surface area contributed by atoms with E-state index in [1.807, 2.05) is 30.3 Å². The summed E-state index contributed by atoms with van der Waals surface area (Å²) in [5.41, 5.74) is 0.189. The van der Waals surface area contributed by atoms with E-state index in [1.54, 1.807) is 24.3 Å². The first-order valence-corrected chi connectivity index (χ1v) is 10.5. The maximum Gasteiger partial charge on any atom is 0.352 e. The van der Waals surface area contributed by atoms with Crippen LogP contribution in [0.1, 0.15) is 23.2 Å². The second-order valence-corrected chi connectivity index (χ2v) is 9.49. The number of carbonyl (C=O) groups is 1. The van der Waals surface area contributed by atoms with Gasteiger partial charge in [-0.15, -0.1) is 0 Å². The number of phenolic OH excluding ortho intramolecular Hbond substituents is 2. The SMILES string of the molecule is O=C(OS1(c2ccc(O)c3ccccc23)CCCC1)c1ccccc1O. The number of aromatic hydroxyl groups is 2. The summed E-state index contributed by atoms with van der Waals surface area (Å²) >= 11 is 0. The van der Waals surface area contributed by atoms with Crippen molar-refractivity contribution in [2.75, 3.05) is 11.5 Å². The number of hydrogen-bond donors (Lipinski definition) is 2. The molecule has 0 spiro atoms. The lowest BCUT2D eigenvalue weighted by Gasteiger charge is -2.36. The number of fused-ring (bicyclic) bond motifs is 1. The summed E-state index contributed by atoms with van der Waals surface area (Å²) < 4.78 is 6.10. The predicted molar refractivity (Wildman–Crippen MR) is 104 cm³/mol. The molecule has 1 fully saturated rings. The molecule has 2 N–H and O–H groups in total. The fourth-order valence-electron chi connectivity index (χ4n) is 3.54. The molecule has 1 aliphatic heterocycles. The summed E-state index contributed by atoms with van der Waals surface area (Å²) in [5, 5.41) is 21.9. The molecule has 0 aliphatic carbocycles. The van der Waals surface area contributed by atoms with Gasteiger partial charge in [0.15, 0.2) is 0 Å². The molecule has 26 heavy (non-hydrogen) atoms. The van der Waals surface area contributed by atoms with Gasteiger partial charge < -0.3 is 14.4 Å². The minimum atomic E-state index is -1.82. The summed E-state index contributed by atoms with van der Waals surface area (Å²) in [5.74, 6) is 1.28. The smallest absolute Gasteiger partial charge is 0.352 e. The van der Waals surface area contributed by atoms with Gasteiger partial charge in [0, 0.05) is 27.2 Å². The first-order chi connectivity index (χ1) is 12.6. The van der Waals surface area contributed by atoms with Crippen LogP contribution in [0.25, 0.3) is 10.8 Å². The van der Waals surface area contributed by atoms with E-state index in [2.05, 4.69) is 0 Å². The van der Waals surface area contributed by atoms with Crippen molar-refractivity contribution in [1.82, 2.24) is 0 Å². The Morgan fingerprint density at radius 1 is 0.808 bits per heavy atom. The van der Waals surface area contributed by atoms with Gasteiger partial charge in [0.1, 0.15) is 17.1 Å². The molecule has 5 heteroatoms. The lowest BCUT2D eigenvalue weighted by Crippen LogP contribution is -2.14. The Kier molecular flexibility index (Phi) is 4.24. The van der Waals surface area contributed by atoms with Gasteiger partial charge in [-0.3, -0.25) is 0 Å². The third kappa shape index (κ3) is 2.78.